The van der Waals surface area contributed by atoms with Crippen LogP contribution in [-0.4, -0.2) is 55.5 Å². The summed E-state index contributed by atoms with van der Waals surface area (Å²) in [6.07, 6.45) is 1.96. The Labute approximate surface area is 205 Å². The van der Waals surface area contributed by atoms with Crippen molar-refractivity contribution in [3.63, 3.8) is 0 Å². The lowest BCUT2D eigenvalue weighted by Crippen LogP contribution is -2.57. The van der Waals surface area contributed by atoms with Gasteiger partial charge in [-0.3, -0.25) is 9.59 Å². The predicted molar refractivity (Wildman–Crippen MR) is 130 cm³/mol. The van der Waals surface area contributed by atoms with Crippen LogP contribution in [0.5, 0.6) is 0 Å². The first kappa shape index (κ1) is 24.7. The highest BCUT2D eigenvalue weighted by Gasteiger charge is 2.44. The molecule has 1 saturated carbocycles. The van der Waals surface area contributed by atoms with Gasteiger partial charge in [-0.2, -0.15) is 0 Å². The van der Waals surface area contributed by atoms with Gasteiger partial charge in [0.2, 0.25) is 5.91 Å². The topological polar surface area (TPSA) is 114 Å². The number of carbonyl (C=O) groups excluding carboxylic acids is 2. The van der Waals surface area contributed by atoms with Crippen LogP contribution in [0.25, 0.3) is 11.1 Å². The molecular weight excluding hydrogens is 448 g/mol. The Morgan fingerprint density at radius 1 is 1.06 bits per heavy atom. The van der Waals surface area contributed by atoms with Gasteiger partial charge in [-0.05, 0) is 42.0 Å². The molecule has 8 nitrogen and oxygen atoms in total. The zero-order chi connectivity index (χ0) is 25.0. The average Bonchev–Trinajstić information content (AvgIpc) is 3.17. The maximum atomic E-state index is 13.0. The monoisotopic (exact) mass is 480 g/mol. The molecule has 0 aromatic heterocycles. The summed E-state index contributed by atoms with van der Waals surface area (Å²) in [5, 5.41) is 15.1. The fraction of sp³-hybridized carbons (Fsp3) is 0.444. The molecule has 35 heavy (non-hydrogen) atoms. The highest BCUT2D eigenvalue weighted by Crippen LogP contribution is 2.44. The van der Waals surface area contributed by atoms with Crippen LogP contribution < -0.4 is 10.6 Å². The minimum Gasteiger partial charge on any atom is -0.481 e. The number of benzene rings is 2. The number of methoxy groups -OCH3 is 1. The number of aliphatic carboxylic acids is 1. The van der Waals surface area contributed by atoms with Crippen molar-refractivity contribution < 1.29 is 29.0 Å². The molecule has 2 aromatic carbocycles. The van der Waals surface area contributed by atoms with Crippen LogP contribution in [0.3, 0.4) is 0 Å². The smallest absolute Gasteiger partial charge is 0.407 e. The van der Waals surface area contributed by atoms with Gasteiger partial charge in [0.05, 0.1) is 12.0 Å². The molecule has 8 heteroatoms. The Morgan fingerprint density at radius 3 is 2.29 bits per heavy atom. The van der Waals surface area contributed by atoms with Gasteiger partial charge in [-0.15, -0.1) is 0 Å². The summed E-state index contributed by atoms with van der Waals surface area (Å²) in [5.74, 6) is -1.52. The quantitative estimate of drug-likeness (QED) is 0.531. The predicted octanol–water partition coefficient (Wildman–Crippen LogP) is 3.69. The number of hydrogen-bond donors (Lipinski definition) is 3. The second-order valence-electron chi connectivity index (χ2n) is 9.51. The van der Waals surface area contributed by atoms with E-state index < -0.39 is 35.5 Å². The average molecular weight is 481 g/mol. The lowest BCUT2D eigenvalue weighted by molar-refractivity contribution is -0.152. The number of carboxylic acid groups (broad SMARTS) is 1. The Hall–Kier alpha value is -3.39. The molecule has 1 fully saturated rings. The molecule has 0 heterocycles. The summed E-state index contributed by atoms with van der Waals surface area (Å²) in [5.41, 5.74) is 3.40. The van der Waals surface area contributed by atoms with Crippen LogP contribution in [0.4, 0.5) is 4.79 Å². The maximum Gasteiger partial charge on any atom is 0.407 e. The van der Waals surface area contributed by atoms with E-state index in [4.69, 9.17) is 9.47 Å². The summed E-state index contributed by atoms with van der Waals surface area (Å²) in [6.45, 7) is 1.72. The van der Waals surface area contributed by atoms with Gasteiger partial charge in [0.1, 0.15) is 12.6 Å². The molecule has 3 atom stereocenters. The maximum absolute atomic E-state index is 13.0. The first-order valence-electron chi connectivity index (χ1n) is 12.0. The molecule has 2 aliphatic rings. The van der Waals surface area contributed by atoms with Crippen molar-refractivity contribution in [1.29, 1.82) is 0 Å². The van der Waals surface area contributed by atoms with Gasteiger partial charge in [-0.1, -0.05) is 61.4 Å². The molecule has 2 aromatic rings. The Morgan fingerprint density at radius 2 is 1.69 bits per heavy atom. The fourth-order valence-corrected chi connectivity index (χ4v) is 5.23. The number of amides is 2. The molecular formula is C27H32N2O6. The van der Waals surface area contributed by atoms with Crippen LogP contribution in [0.15, 0.2) is 48.5 Å². The van der Waals surface area contributed by atoms with Crippen molar-refractivity contribution in [3.8, 4) is 11.1 Å². The van der Waals surface area contributed by atoms with Crippen LogP contribution >= 0.6 is 0 Å². The molecule has 3 N–H and O–H groups in total. The minimum absolute atomic E-state index is 0.0630. The van der Waals surface area contributed by atoms with Crippen LogP contribution in [-0.2, 0) is 19.1 Å². The number of carboxylic acids is 1. The summed E-state index contributed by atoms with van der Waals surface area (Å²) >= 11 is 0. The number of ether oxygens (including phenoxy) is 2. The molecule has 3 unspecified atom stereocenters. The van der Waals surface area contributed by atoms with Gasteiger partial charge < -0.3 is 25.2 Å². The summed E-state index contributed by atoms with van der Waals surface area (Å²) < 4.78 is 10.7. The van der Waals surface area contributed by atoms with Crippen LogP contribution in [0, 0.1) is 5.41 Å². The zero-order valence-corrected chi connectivity index (χ0v) is 20.1. The Balaban J connectivity index is 1.40. The van der Waals surface area contributed by atoms with Gasteiger partial charge in [-0.25, -0.2) is 4.79 Å². The molecule has 2 aliphatic carbocycles. The second kappa shape index (κ2) is 10.5. The molecule has 0 aliphatic heterocycles. The first-order valence-corrected chi connectivity index (χ1v) is 12.0. The van der Waals surface area contributed by atoms with E-state index in [2.05, 4.69) is 22.8 Å². The number of nitrogens with one attached hydrogen (secondary N) is 2. The van der Waals surface area contributed by atoms with Gasteiger partial charge in [0.15, 0.2) is 0 Å². The van der Waals surface area contributed by atoms with E-state index >= 15 is 0 Å². The third-order valence-corrected chi connectivity index (χ3v) is 7.30. The van der Waals surface area contributed by atoms with Crippen molar-refractivity contribution in [1.82, 2.24) is 10.6 Å². The van der Waals surface area contributed by atoms with Crippen molar-refractivity contribution >= 4 is 18.0 Å². The number of fused-ring (bicyclic) bond motifs is 3. The van der Waals surface area contributed by atoms with Crippen molar-refractivity contribution in [2.45, 2.75) is 50.6 Å². The highest BCUT2D eigenvalue weighted by atomic mass is 16.5. The summed E-state index contributed by atoms with van der Waals surface area (Å²) in [6, 6.07) is 14.6. The van der Waals surface area contributed by atoms with E-state index in [1.54, 1.807) is 6.92 Å². The SMILES string of the molecule is COCC(NC(=O)OCC1c2ccccc2-c2ccccc21)C(=O)NC1CCCCC1(C)C(=O)O. The van der Waals surface area contributed by atoms with Gasteiger partial charge in [0.25, 0.3) is 0 Å². The third kappa shape index (κ3) is 5.03. The van der Waals surface area contributed by atoms with E-state index in [1.807, 2.05) is 36.4 Å². The fourth-order valence-electron chi connectivity index (χ4n) is 5.23. The van der Waals surface area contributed by atoms with Crippen molar-refractivity contribution in [2.24, 2.45) is 5.41 Å². The first-order chi connectivity index (χ1) is 16.8. The van der Waals surface area contributed by atoms with E-state index in [-0.39, 0.29) is 19.1 Å². The Bertz CT molecular complexity index is 1060. The van der Waals surface area contributed by atoms with E-state index in [0.29, 0.717) is 12.8 Å². The number of rotatable bonds is 8. The standard InChI is InChI=1S/C27H32N2O6/c1-27(25(31)32)14-8-7-13-23(27)29-24(30)22(16-34-2)28-26(33)35-15-21-19-11-5-3-9-17(19)18-10-4-6-12-20(18)21/h3-6,9-12,21-23H,7-8,13-16H2,1-2H3,(H,28,33)(H,29,30)(H,31,32). The zero-order valence-electron chi connectivity index (χ0n) is 20.1. The molecule has 2 amide bonds. The molecule has 0 spiro atoms. The van der Waals surface area contributed by atoms with Crippen LogP contribution in [0.1, 0.15) is 49.7 Å². The summed E-state index contributed by atoms with van der Waals surface area (Å²) in [7, 11) is 1.43. The normalized spacial score (nSPS) is 21.9. The Kier molecular flexibility index (Phi) is 7.40. The lowest BCUT2D eigenvalue weighted by Gasteiger charge is -2.38. The van der Waals surface area contributed by atoms with Crippen molar-refractivity contribution in [2.75, 3.05) is 20.3 Å². The van der Waals surface area contributed by atoms with E-state index in [0.717, 1.165) is 35.1 Å². The molecule has 0 saturated heterocycles. The second-order valence-corrected chi connectivity index (χ2v) is 9.51. The highest BCUT2D eigenvalue weighted by molar-refractivity contribution is 5.87. The van der Waals surface area contributed by atoms with Crippen molar-refractivity contribution in [3.05, 3.63) is 59.7 Å². The number of hydrogen-bond acceptors (Lipinski definition) is 5. The summed E-state index contributed by atoms with van der Waals surface area (Å²) in [4.78, 5) is 37.5. The number of alkyl carbamates (subject to hydrolysis) is 1. The molecule has 0 bridgehead atoms. The minimum atomic E-state index is -1.05. The van der Waals surface area contributed by atoms with E-state index in [1.165, 1.54) is 7.11 Å². The van der Waals surface area contributed by atoms with Crippen LogP contribution in [0.2, 0.25) is 0 Å². The lowest BCUT2D eigenvalue weighted by atomic mass is 9.71. The molecule has 186 valence electrons. The van der Waals surface area contributed by atoms with E-state index in [9.17, 15) is 19.5 Å². The third-order valence-electron chi connectivity index (χ3n) is 7.30. The molecule has 4 rings (SSSR count). The number of carbonyl (C=O) groups is 3. The largest absolute Gasteiger partial charge is 0.481 e. The molecule has 0 radical (unpaired) electrons. The van der Waals surface area contributed by atoms with Gasteiger partial charge >= 0.3 is 12.1 Å². The van der Waals surface area contributed by atoms with Gasteiger partial charge in [0, 0.05) is 19.1 Å².